The van der Waals surface area contributed by atoms with Gasteiger partial charge >= 0.3 is 0 Å². The van der Waals surface area contributed by atoms with Crippen LogP contribution >= 0.6 is 11.6 Å². The Morgan fingerprint density at radius 1 is 1.16 bits per heavy atom. The number of piperazine rings is 1. The zero-order chi connectivity index (χ0) is 22.0. The van der Waals surface area contributed by atoms with Gasteiger partial charge in [-0.3, -0.25) is 9.69 Å². The molecule has 0 spiro atoms. The summed E-state index contributed by atoms with van der Waals surface area (Å²) in [4.78, 5) is 22.6. The summed E-state index contributed by atoms with van der Waals surface area (Å²) in [6.07, 6.45) is 2.52. The summed E-state index contributed by atoms with van der Waals surface area (Å²) in [5, 5.41) is 9.04. The summed E-state index contributed by atoms with van der Waals surface area (Å²) in [7, 11) is 0. The normalized spacial score (nSPS) is 22.7. The molecular formula is C24H27ClN6O. The van der Waals surface area contributed by atoms with Gasteiger partial charge in [-0.25, -0.2) is 9.50 Å². The standard InChI is InChI=1S/C24H27ClN6O/c1-14-22(25)15(2)31-23(26-14)20-12-30(13-21(20)28-31)24(32)19-6-4-3-5-16(19)9-29-10-17-7-8-18(11-29)27-17/h3-6,17-18,27H,7-13H2,1-2H3. The largest absolute Gasteiger partial charge is 0.328 e. The lowest BCUT2D eigenvalue weighted by molar-refractivity contribution is 0.0747. The van der Waals surface area contributed by atoms with Crippen LogP contribution in [0.2, 0.25) is 5.02 Å². The van der Waals surface area contributed by atoms with E-state index >= 15 is 0 Å². The van der Waals surface area contributed by atoms with E-state index in [1.54, 1.807) is 0 Å². The molecule has 2 bridgehead atoms. The molecule has 7 nitrogen and oxygen atoms in total. The molecule has 32 heavy (non-hydrogen) atoms. The highest BCUT2D eigenvalue weighted by molar-refractivity contribution is 6.31. The third kappa shape index (κ3) is 3.22. The Labute approximate surface area is 192 Å². The third-order valence-electron chi connectivity index (χ3n) is 7.18. The molecule has 5 heterocycles. The second-order valence-electron chi connectivity index (χ2n) is 9.41. The Morgan fingerprint density at radius 2 is 1.91 bits per heavy atom. The lowest BCUT2D eigenvalue weighted by atomic mass is 10.0. The summed E-state index contributed by atoms with van der Waals surface area (Å²) in [6.45, 7) is 7.81. The van der Waals surface area contributed by atoms with Gasteiger partial charge in [0.1, 0.15) is 0 Å². The fraction of sp³-hybridized carbons (Fsp3) is 0.458. The fourth-order valence-corrected chi connectivity index (χ4v) is 5.67. The summed E-state index contributed by atoms with van der Waals surface area (Å²) in [5.41, 5.74) is 6.32. The van der Waals surface area contributed by atoms with Gasteiger partial charge in [-0.05, 0) is 38.3 Å². The van der Waals surface area contributed by atoms with Crippen molar-refractivity contribution < 1.29 is 4.79 Å². The smallest absolute Gasteiger partial charge is 0.254 e. The molecule has 0 saturated carbocycles. The number of nitrogens with one attached hydrogen (secondary N) is 1. The summed E-state index contributed by atoms with van der Waals surface area (Å²) >= 11 is 6.36. The van der Waals surface area contributed by atoms with Crippen LogP contribution in [0.5, 0.6) is 0 Å². The van der Waals surface area contributed by atoms with Crippen molar-refractivity contribution in [3.8, 4) is 0 Å². The van der Waals surface area contributed by atoms with E-state index in [0.29, 0.717) is 30.2 Å². The van der Waals surface area contributed by atoms with Crippen LogP contribution in [0.15, 0.2) is 24.3 Å². The number of likely N-dealkylation sites (tertiary alicyclic amines) is 1. The van der Waals surface area contributed by atoms with E-state index in [-0.39, 0.29) is 5.91 Å². The van der Waals surface area contributed by atoms with Crippen molar-refractivity contribution in [1.82, 2.24) is 29.7 Å². The Morgan fingerprint density at radius 3 is 2.69 bits per heavy atom. The number of carbonyl (C=O) groups is 1. The molecule has 2 aromatic heterocycles. The lowest BCUT2D eigenvalue weighted by Crippen LogP contribution is -2.50. The number of fused-ring (bicyclic) bond motifs is 5. The van der Waals surface area contributed by atoms with E-state index < -0.39 is 0 Å². The monoisotopic (exact) mass is 450 g/mol. The first kappa shape index (κ1) is 20.1. The van der Waals surface area contributed by atoms with Crippen LogP contribution in [0.4, 0.5) is 0 Å². The fourth-order valence-electron chi connectivity index (χ4n) is 5.55. The van der Waals surface area contributed by atoms with Gasteiger partial charge in [0.05, 0.1) is 35.2 Å². The van der Waals surface area contributed by atoms with Crippen molar-refractivity contribution in [2.45, 2.75) is 58.4 Å². The number of hydrogen-bond acceptors (Lipinski definition) is 5. The van der Waals surface area contributed by atoms with Gasteiger partial charge in [0.25, 0.3) is 5.91 Å². The highest BCUT2D eigenvalue weighted by Gasteiger charge is 2.34. The summed E-state index contributed by atoms with van der Waals surface area (Å²) in [5.74, 6) is 0.0669. The van der Waals surface area contributed by atoms with E-state index in [1.807, 2.05) is 41.5 Å². The molecule has 6 rings (SSSR count). The molecule has 2 fully saturated rings. The van der Waals surface area contributed by atoms with Gasteiger partial charge in [-0.1, -0.05) is 29.8 Å². The SMILES string of the molecule is Cc1nc2c3c(nn2c(C)c1Cl)CN(C(=O)c1ccccc1CN1CC2CCC(C1)N2)C3. The minimum atomic E-state index is 0.0669. The molecule has 1 N–H and O–H groups in total. The molecule has 2 atom stereocenters. The number of hydrogen-bond donors (Lipinski definition) is 1. The molecule has 8 heteroatoms. The number of aromatic nitrogens is 3. The summed E-state index contributed by atoms with van der Waals surface area (Å²) in [6, 6.07) is 9.24. The predicted octanol–water partition coefficient (Wildman–Crippen LogP) is 3.09. The van der Waals surface area contributed by atoms with E-state index in [0.717, 1.165) is 59.1 Å². The predicted molar refractivity (Wildman–Crippen MR) is 123 cm³/mol. The Bertz CT molecular complexity index is 1220. The maximum absolute atomic E-state index is 13.6. The van der Waals surface area contributed by atoms with E-state index in [9.17, 15) is 4.79 Å². The average molecular weight is 451 g/mol. The van der Waals surface area contributed by atoms with Gasteiger partial charge in [-0.2, -0.15) is 5.10 Å². The van der Waals surface area contributed by atoms with Gasteiger partial charge in [0.15, 0.2) is 5.65 Å². The van der Waals surface area contributed by atoms with Crippen molar-refractivity contribution in [2.75, 3.05) is 13.1 Å². The van der Waals surface area contributed by atoms with Crippen LogP contribution in [0, 0.1) is 13.8 Å². The molecular weight excluding hydrogens is 424 g/mol. The van der Waals surface area contributed by atoms with Crippen LogP contribution < -0.4 is 5.32 Å². The molecule has 0 aliphatic carbocycles. The Balaban J connectivity index is 1.25. The number of nitrogens with zero attached hydrogens (tertiary/aromatic N) is 5. The van der Waals surface area contributed by atoms with Crippen molar-refractivity contribution in [1.29, 1.82) is 0 Å². The first-order valence-corrected chi connectivity index (χ1v) is 11.7. The van der Waals surface area contributed by atoms with Crippen LogP contribution in [0.1, 0.15) is 51.4 Å². The van der Waals surface area contributed by atoms with Crippen molar-refractivity contribution in [3.05, 3.63) is 63.1 Å². The number of rotatable bonds is 3. The highest BCUT2D eigenvalue weighted by Crippen LogP contribution is 2.30. The minimum absolute atomic E-state index is 0.0669. The number of aryl methyl sites for hydroxylation is 2. The molecule has 3 aromatic rings. The van der Waals surface area contributed by atoms with Crippen LogP contribution in [0.3, 0.4) is 0 Å². The maximum Gasteiger partial charge on any atom is 0.254 e. The molecule has 2 unspecified atom stereocenters. The quantitative estimate of drug-likeness (QED) is 0.664. The molecule has 1 amide bonds. The minimum Gasteiger partial charge on any atom is -0.328 e. The van der Waals surface area contributed by atoms with Gasteiger partial charge in [-0.15, -0.1) is 0 Å². The number of benzene rings is 1. The van der Waals surface area contributed by atoms with E-state index in [4.69, 9.17) is 16.7 Å². The van der Waals surface area contributed by atoms with Crippen LogP contribution in [0.25, 0.3) is 5.65 Å². The van der Waals surface area contributed by atoms with Gasteiger partial charge in [0.2, 0.25) is 0 Å². The molecule has 2 saturated heterocycles. The maximum atomic E-state index is 13.6. The zero-order valence-electron chi connectivity index (χ0n) is 18.4. The second-order valence-corrected chi connectivity index (χ2v) is 9.79. The van der Waals surface area contributed by atoms with E-state index in [2.05, 4.69) is 21.3 Å². The molecule has 3 aliphatic heterocycles. The zero-order valence-corrected chi connectivity index (χ0v) is 19.2. The number of halogens is 1. The first-order chi connectivity index (χ1) is 15.5. The number of amides is 1. The second kappa shape index (κ2) is 7.54. The van der Waals surface area contributed by atoms with Crippen LogP contribution in [-0.4, -0.2) is 55.5 Å². The molecule has 1 aromatic carbocycles. The Kier molecular flexibility index (Phi) is 4.75. The average Bonchev–Trinajstić information content (AvgIpc) is 3.45. The highest BCUT2D eigenvalue weighted by atomic mass is 35.5. The molecule has 3 aliphatic rings. The topological polar surface area (TPSA) is 65.8 Å². The first-order valence-electron chi connectivity index (χ1n) is 11.4. The van der Waals surface area contributed by atoms with E-state index in [1.165, 1.54) is 12.8 Å². The van der Waals surface area contributed by atoms with Crippen LogP contribution in [-0.2, 0) is 19.6 Å². The van der Waals surface area contributed by atoms with Crippen molar-refractivity contribution >= 4 is 23.2 Å². The van der Waals surface area contributed by atoms with Crippen molar-refractivity contribution in [2.24, 2.45) is 0 Å². The van der Waals surface area contributed by atoms with Gasteiger partial charge < -0.3 is 10.2 Å². The molecule has 0 radical (unpaired) electrons. The Hall–Kier alpha value is -2.48. The van der Waals surface area contributed by atoms with Crippen molar-refractivity contribution in [3.63, 3.8) is 0 Å². The third-order valence-corrected chi connectivity index (χ3v) is 7.72. The molecule has 166 valence electrons. The van der Waals surface area contributed by atoms with Gasteiger partial charge in [0, 0.05) is 42.8 Å². The lowest BCUT2D eigenvalue weighted by Gasteiger charge is -2.33. The summed E-state index contributed by atoms with van der Waals surface area (Å²) < 4.78 is 1.81. The number of carbonyl (C=O) groups excluding carboxylic acids is 1.